The minimum absolute atomic E-state index is 0.629. The molecule has 304 valence electrons. The van der Waals surface area contributed by atoms with Crippen LogP contribution in [0.4, 0.5) is 0 Å². The van der Waals surface area contributed by atoms with Gasteiger partial charge in [-0.3, -0.25) is 0 Å². The van der Waals surface area contributed by atoms with Crippen LogP contribution in [0.25, 0.3) is 72.5 Å². The molecule has 0 aliphatic carbocycles. The van der Waals surface area contributed by atoms with E-state index in [2.05, 4.69) is 187 Å². The smallest absolute Gasteiger partial charge is 0.160 e. The quantitative estimate of drug-likeness (QED) is 0.160. The van der Waals surface area contributed by atoms with Crippen LogP contribution < -0.4 is 4.74 Å². The summed E-state index contributed by atoms with van der Waals surface area (Å²) in [5.74, 6) is 2.24. The van der Waals surface area contributed by atoms with Gasteiger partial charge in [0.25, 0.3) is 0 Å². The van der Waals surface area contributed by atoms with Crippen LogP contribution >= 0.6 is 0 Å². The van der Waals surface area contributed by atoms with Crippen LogP contribution in [-0.4, -0.2) is 14.5 Å². The van der Waals surface area contributed by atoms with Crippen molar-refractivity contribution in [1.29, 1.82) is 5.26 Å². The van der Waals surface area contributed by atoms with Crippen LogP contribution in [0.1, 0.15) is 27.8 Å². The monoisotopic (exact) mass is 830 g/mol. The predicted molar refractivity (Wildman–Crippen MR) is 261 cm³/mol. The number of fused-ring (bicyclic) bond motifs is 5. The van der Waals surface area contributed by atoms with Crippen LogP contribution in [0.15, 0.2) is 231 Å². The lowest BCUT2D eigenvalue weighted by Crippen LogP contribution is -2.34. The second kappa shape index (κ2) is 15.5. The Morgan fingerprint density at radius 2 is 0.892 bits per heavy atom. The molecule has 0 radical (unpaired) electrons. The van der Waals surface area contributed by atoms with Crippen LogP contribution in [0, 0.1) is 11.3 Å². The van der Waals surface area contributed by atoms with Gasteiger partial charge in [0.2, 0.25) is 0 Å². The number of hydrogen-bond donors (Lipinski definition) is 0. The lowest BCUT2D eigenvalue weighted by Gasteiger charge is -2.42. The molecule has 0 saturated heterocycles. The molecule has 5 nitrogen and oxygen atoms in total. The van der Waals surface area contributed by atoms with Gasteiger partial charge < -0.3 is 9.30 Å². The number of ether oxygens (including phenoxy) is 1. The Hall–Kier alpha value is -8.85. The van der Waals surface area contributed by atoms with Crippen molar-refractivity contribution in [2.75, 3.05) is 0 Å². The Balaban J connectivity index is 1.09. The van der Waals surface area contributed by atoms with Crippen LogP contribution in [0.2, 0.25) is 0 Å². The highest BCUT2D eigenvalue weighted by molar-refractivity contribution is 6.11. The molecular weight excluding hydrogens is 793 g/mol. The number of hydrogen-bond acceptors (Lipinski definition) is 4. The van der Waals surface area contributed by atoms with E-state index in [1.165, 1.54) is 0 Å². The molecule has 1 aliphatic heterocycles. The average molecular weight is 831 g/mol. The number of nitriles is 1. The minimum atomic E-state index is -0.788. The fourth-order valence-electron chi connectivity index (χ4n) is 9.79. The van der Waals surface area contributed by atoms with E-state index in [0.29, 0.717) is 11.4 Å². The van der Waals surface area contributed by atoms with Crippen molar-refractivity contribution in [3.05, 3.63) is 258 Å². The number of nitrogens with zero attached hydrogens (tertiary/aromatic N) is 4. The third-order valence-corrected chi connectivity index (χ3v) is 12.8. The molecule has 3 heterocycles. The first-order valence-electron chi connectivity index (χ1n) is 21.8. The van der Waals surface area contributed by atoms with Crippen LogP contribution in [0.5, 0.6) is 11.5 Å². The summed E-state index contributed by atoms with van der Waals surface area (Å²) in [4.78, 5) is 10.3. The summed E-state index contributed by atoms with van der Waals surface area (Å²) >= 11 is 0. The van der Waals surface area contributed by atoms with Crippen molar-refractivity contribution in [2.45, 2.75) is 5.41 Å². The van der Waals surface area contributed by atoms with Gasteiger partial charge in [0, 0.05) is 44.3 Å². The van der Waals surface area contributed by atoms with Crippen LogP contribution in [-0.2, 0) is 5.41 Å². The lowest BCUT2D eigenvalue weighted by atomic mass is 9.63. The van der Waals surface area contributed by atoms with E-state index in [-0.39, 0.29) is 0 Å². The summed E-state index contributed by atoms with van der Waals surface area (Å²) in [7, 11) is 0. The Kier molecular flexibility index (Phi) is 9.03. The van der Waals surface area contributed by atoms with Crippen molar-refractivity contribution in [3.63, 3.8) is 0 Å². The second-order valence-corrected chi connectivity index (χ2v) is 16.4. The average Bonchev–Trinajstić information content (AvgIpc) is 3.71. The molecule has 11 aromatic rings. The third kappa shape index (κ3) is 6.31. The van der Waals surface area contributed by atoms with Gasteiger partial charge in [0.1, 0.15) is 11.5 Å². The van der Waals surface area contributed by atoms with Gasteiger partial charge in [-0.1, -0.05) is 152 Å². The van der Waals surface area contributed by atoms with E-state index in [0.717, 1.165) is 100 Å². The van der Waals surface area contributed by atoms with Gasteiger partial charge in [0.15, 0.2) is 5.82 Å². The molecule has 0 atom stereocenters. The Labute approximate surface area is 376 Å². The number of benzene rings is 9. The van der Waals surface area contributed by atoms with Crippen molar-refractivity contribution in [2.24, 2.45) is 0 Å². The predicted octanol–water partition coefficient (Wildman–Crippen LogP) is 14.6. The summed E-state index contributed by atoms with van der Waals surface area (Å²) in [6.07, 6.45) is 0. The molecule has 12 rings (SSSR count). The van der Waals surface area contributed by atoms with Gasteiger partial charge in [-0.05, 0) is 101 Å². The molecule has 0 fully saturated rings. The van der Waals surface area contributed by atoms with E-state index >= 15 is 0 Å². The fraction of sp³-hybridized carbons (Fsp3) is 0.0167. The molecule has 0 saturated carbocycles. The van der Waals surface area contributed by atoms with Crippen molar-refractivity contribution in [3.8, 4) is 68.3 Å². The summed E-state index contributed by atoms with van der Waals surface area (Å²) < 4.78 is 9.26. The maximum Gasteiger partial charge on any atom is 0.160 e. The Morgan fingerprint density at radius 1 is 0.415 bits per heavy atom. The Bertz CT molecular complexity index is 3520. The number of rotatable bonds is 7. The van der Waals surface area contributed by atoms with Gasteiger partial charge in [0.05, 0.1) is 39.5 Å². The number of para-hydroxylation sites is 1. The van der Waals surface area contributed by atoms with Gasteiger partial charge in [-0.25, -0.2) is 9.97 Å². The maximum atomic E-state index is 9.97. The zero-order valence-electron chi connectivity index (χ0n) is 35.1. The van der Waals surface area contributed by atoms with E-state index in [4.69, 9.17) is 14.7 Å². The largest absolute Gasteiger partial charge is 0.457 e. The van der Waals surface area contributed by atoms with Crippen molar-refractivity contribution >= 4 is 21.8 Å². The van der Waals surface area contributed by atoms with Crippen LogP contribution in [0.3, 0.4) is 0 Å². The standard InChI is InChI=1S/C60H38N4O/c61-39-40-26-30-55-49(34-40)50-35-43(27-31-56(50)64(55)48-24-14-5-15-25-48)44-28-32-57-51(36-44)60(46-20-10-3-11-21-46,47-22-12-4-13-23-47)52-37-45(29-33-58(52)65-57)54-38-53(41-16-6-1-7-17-41)62-59(63-54)42-18-8-2-9-19-42/h1-38H. The summed E-state index contributed by atoms with van der Waals surface area (Å²) in [5, 5.41) is 12.1. The van der Waals surface area contributed by atoms with Crippen molar-refractivity contribution in [1.82, 2.24) is 14.5 Å². The van der Waals surface area contributed by atoms with E-state index in [1.54, 1.807) is 0 Å². The Morgan fingerprint density at radius 3 is 1.51 bits per heavy atom. The maximum absolute atomic E-state index is 9.97. The molecule has 65 heavy (non-hydrogen) atoms. The summed E-state index contributed by atoms with van der Waals surface area (Å²) in [5.41, 5.74) is 14.0. The molecule has 0 N–H and O–H groups in total. The van der Waals surface area contributed by atoms with Gasteiger partial charge in [-0.2, -0.15) is 5.26 Å². The highest BCUT2D eigenvalue weighted by Crippen LogP contribution is 2.56. The molecule has 0 bridgehead atoms. The van der Waals surface area contributed by atoms with E-state index in [9.17, 15) is 5.26 Å². The highest BCUT2D eigenvalue weighted by atomic mass is 16.5. The van der Waals surface area contributed by atoms with Gasteiger partial charge in [-0.15, -0.1) is 0 Å². The zero-order valence-corrected chi connectivity index (χ0v) is 35.1. The number of aromatic nitrogens is 3. The topological polar surface area (TPSA) is 63.7 Å². The normalized spacial score (nSPS) is 12.5. The fourth-order valence-corrected chi connectivity index (χ4v) is 9.79. The van der Waals surface area contributed by atoms with E-state index < -0.39 is 5.41 Å². The first-order chi connectivity index (χ1) is 32.2. The third-order valence-electron chi connectivity index (χ3n) is 12.8. The molecule has 1 aliphatic rings. The van der Waals surface area contributed by atoms with Gasteiger partial charge >= 0.3 is 0 Å². The molecule has 5 heteroatoms. The lowest BCUT2D eigenvalue weighted by molar-refractivity contribution is 0.435. The van der Waals surface area contributed by atoms with Crippen molar-refractivity contribution < 1.29 is 4.74 Å². The first kappa shape index (κ1) is 37.9. The first-order valence-corrected chi connectivity index (χ1v) is 21.8. The SMILES string of the molecule is N#Cc1ccc2c(c1)c1cc(-c3ccc4c(c3)C(c3ccccc3)(c3ccccc3)c3cc(-c5cc(-c6ccccc6)nc(-c6ccccc6)n5)ccc3O4)ccc1n2-c1ccccc1. The highest BCUT2D eigenvalue weighted by Gasteiger charge is 2.45. The molecule has 2 aromatic heterocycles. The molecule has 9 aromatic carbocycles. The summed E-state index contributed by atoms with van der Waals surface area (Å²) in [6.45, 7) is 0. The minimum Gasteiger partial charge on any atom is -0.457 e. The molecule has 0 spiro atoms. The molecule has 0 unspecified atom stereocenters. The second-order valence-electron chi connectivity index (χ2n) is 16.4. The zero-order chi connectivity index (χ0) is 43.3. The molecular formula is C60H38N4O. The summed E-state index contributed by atoms with van der Waals surface area (Å²) in [6, 6.07) is 82.6. The van der Waals surface area contributed by atoms with E-state index in [1.807, 2.05) is 54.6 Å². The molecule has 0 amide bonds.